The predicted molar refractivity (Wildman–Crippen MR) is 121 cm³/mol. The highest BCUT2D eigenvalue weighted by Crippen LogP contribution is 2.38. The van der Waals surface area contributed by atoms with E-state index in [2.05, 4.69) is 38.1 Å². The summed E-state index contributed by atoms with van der Waals surface area (Å²) in [7, 11) is 0. The van der Waals surface area contributed by atoms with Gasteiger partial charge in [-0.2, -0.15) is 0 Å². The van der Waals surface area contributed by atoms with Gasteiger partial charge in [-0.15, -0.1) is 0 Å². The van der Waals surface area contributed by atoms with Gasteiger partial charge in [0.1, 0.15) is 5.75 Å². The summed E-state index contributed by atoms with van der Waals surface area (Å²) in [6.07, 6.45) is 19.6. The molecule has 0 aromatic heterocycles. The van der Waals surface area contributed by atoms with Crippen molar-refractivity contribution in [2.75, 3.05) is 6.61 Å². The average molecular weight is 385 g/mol. The van der Waals surface area contributed by atoms with E-state index in [-0.39, 0.29) is 0 Å². The van der Waals surface area contributed by atoms with Crippen LogP contribution in [0.15, 0.2) is 24.3 Å². The van der Waals surface area contributed by atoms with Crippen molar-refractivity contribution in [2.24, 2.45) is 17.8 Å². The SMILES string of the molecule is CCCCC1CCC(c2ccc(OCCCC3CCCCC3CC)cc2)CC1. The van der Waals surface area contributed by atoms with Crippen molar-refractivity contribution in [3.63, 3.8) is 0 Å². The number of unbranched alkanes of at least 4 members (excludes halogenated alkanes) is 1. The van der Waals surface area contributed by atoms with Gasteiger partial charge in [0, 0.05) is 0 Å². The van der Waals surface area contributed by atoms with E-state index in [0.29, 0.717) is 0 Å². The van der Waals surface area contributed by atoms with Crippen LogP contribution in [0.3, 0.4) is 0 Å². The van der Waals surface area contributed by atoms with Gasteiger partial charge in [0.2, 0.25) is 0 Å². The third-order valence-corrected chi connectivity index (χ3v) is 7.74. The Hall–Kier alpha value is -0.980. The molecule has 0 bridgehead atoms. The minimum atomic E-state index is 0.782. The molecule has 28 heavy (non-hydrogen) atoms. The molecule has 0 aliphatic heterocycles. The van der Waals surface area contributed by atoms with Gasteiger partial charge in [-0.05, 0) is 79.9 Å². The van der Waals surface area contributed by atoms with Gasteiger partial charge in [-0.25, -0.2) is 0 Å². The van der Waals surface area contributed by atoms with Crippen LogP contribution >= 0.6 is 0 Å². The fourth-order valence-corrected chi connectivity index (χ4v) is 5.85. The third kappa shape index (κ3) is 6.53. The molecule has 1 nitrogen and oxygen atoms in total. The standard InChI is InChI=1S/C27H44O/c1-3-5-9-22-13-15-25(16-14-22)26-17-19-27(20-18-26)28-21-8-12-24-11-7-6-10-23(24)4-2/h17-20,22-25H,3-16,21H2,1-2H3. The molecule has 158 valence electrons. The molecule has 0 heterocycles. The Balaban J connectivity index is 1.35. The molecule has 1 aromatic rings. The summed E-state index contributed by atoms with van der Waals surface area (Å²) in [6, 6.07) is 9.10. The second-order valence-corrected chi connectivity index (χ2v) is 9.63. The van der Waals surface area contributed by atoms with E-state index >= 15 is 0 Å². The topological polar surface area (TPSA) is 9.23 Å². The maximum Gasteiger partial charge on any atom is 0.119 e. The molecular formula is C27H44O. The van der Waals surface area contributed by atoms with Gasteiger partial charge in [0.25, 0.3) is 0 Å². The van der Waals surface area contributed by atoms with E-state index in [9.17, 15) is 0 Å². The average Bonchev–Trinajstić information content (AvgIpc) is 2.76. The molecule has 2 aliphatic rings. The second kappa shape index (κ2) is 11.9. The van der Waals surface area contributed by atoms with Crippen LogP contribution in [-0.2, 0) is 0 Å². The molecular weight excluding hydrogens is 340 g/mol. The van der Waals surface area contributed by atoms with Crippen molar-refractivity contribution in [1.29, 1.82) is 0 Å². The highest BCUT2D eigenvalue weighted by atomic mass is 16.5. The lowest BCUT2D eigenvalue weighted by molar-refractivity contribution is 0.199. The quantitative estimate of drug-likeness (QED) is 0.367. The maximum absolute atomic E-state index is 6.07. The largest absolute Gasteiger partial charge is 0.494 e. The van der Waals surface area contributed by atoms with Gasteiger partial charge >= 0.3 is 0 Å². The molecule has 0 radical (unpaired) electrons. The first-order valence-corrected chi connectivity index (χ1v) is 12.5. The first-order chi connectivity index (χ1) is 13.8. The van der Waals surface area contributed by atoms with Crippen LogP contribution in [0, 0.1) is 17.8 Å². The zero-order valence-electron chi connectivity index (χ0n) is 18.6. The van der Waals surface area contributed by atoms with E-state index in [1.165, 1.54) is 95.5 Å². The van der Waals surface area contributed by atoms with Crippen molar-refractivity contribution >= 4 is 0 Å². The van der Waals surface area contributed by atoms with Crippen LogP contribution in [0.1, 0.15) is 115 Å². The van der Waals surface area contributed by atoms with Crippen molar-refractivity contribution in [3.05, 3.63) is 29.8 Å². The predicted octanol–water partition coefficient (Wildman–Crippen LogP) is 8.53. The lowest BCUT2D eigenvalue weighted by Gasteiger charge is -2.30. The highest BCUT2D eigenvalue weighted by Gasteiger charge is 2.23. The summed E-state index contributed by atoms with van der Waals surface area (Å²) in [5.41, 5.74) is 1.54. The molecule has 0 spiro atoms. The fraction of sp³-hybridized carbons (Fsp3) is 0.778. The molecule has 3 rings (SSSR count). The first-order valence-electron chi connectivity index (χ1n) is 12.5. The first kappa shape index (κ1) is 21.7. The van der Waals surface area contributed by atoms with Crippen molar-refractivity contribution in [1.82, 2.24) is 0 Å². The second-order valence-electron chi connectivity index (χ2n) is 9.63. The monoisotopic (exact) mass is 384 g/mol. The number of hydrogen-bond donors (Lipinski definition) is 0. The molecule has 2 fully saturated rings. The molecule has 1 heteroatoms. The van der Waals surface area contributed by atoms with Gasteiger partial charge in [-0.3, -0.25) is 0 Å². The van der Waals surface area contributed by atoms with Crippen molar-refractivity contribution < 1.29 is 4.74 Å². The van der Waals surface area contributed by atoms with Gasteiger partial charge in [0.15, 0.2) is 0 Å². The van der Waals surface area contributed by atoms with E-state index in [1.54, 1.807) is 0 Å². The molecule has 0 N–H and O–H groups in total. The van der Waals surface area contributed by atoms with E-state index in [4.69, 9.17) is 4.74 Å². The number of hydrogen-bond acceptors (Lipinski definition) is 1. The lowest BCUT2D eigenvalue weighted by Crippen LogP contribution is -2.19. The summed E-state index contributed by atoms with van der Waals surface area (Å²) in [6.45, 7) is 5.57. The Morgan fingerprint density at radius 3 is 2.18 bits per heavy atom. The summed E-state index contributed by atoms with van der Waals surface area (Å²) < 4.78 is 6.07. The fourth-order valence-electron chi connectivity index (χ4n) is 5.85. The van der Waals surface area contributed by atoms with Crippen LogP contribution in [0.2, 0.25) is 0 Å². The van der Waals surface area contributed by atoms with Crippen LogP contribution < -0.4 is 4.74 Å². The molecule has 2 atom stereocenters. The zero-order valence-corrected chi connectivity index (χ0v) is 18.6. The smallest absolute Gasteiger partial charge is 0.119 e. The summed E-state index contributed by atoms with van der Waals surface area (Å²) in [5, 5.41) is 0. The van der Waals surface area contributed by atoms with Crippen LogP contribution in [-0.4, -0.2) is 6.61 Å². The normalized spacial score (nSPS) is 28.2. The number of rotatable bonds is 10. The van der Waals surface area contributed by atoms with Gasteiger partial charge in [-0.1, -0.05) is 77.3 Å². The molecule has 1 aromatic carbocycles. The Morgan fingerprint density at radius 1 is 0.786 bits per heavy atom. The van der Waals surface area contributed by atoms with Crippen molar-refractivity contribution in [2.45, 2.75) is 110 Å². The minimum Gasteiger partial charge on any atom is -0.494 e. The lowest BCUT2D eigenvalue weighted by atomic mass is 9.76. The van der Waals surface area contributed by atoms with Crippen molar-refractivity contribution in [3.8, 4) is 5.75 Å². The third-order valence-electron chi connectivity index (χ3n) is 7.74. The number of benzene rings is 1. The molecule has 0 saturated heterocycles. The Bertz CT molecular complexity index is 526. The van der Waals surface area contributed by atoms with E-state index < -0.39 is 0 Å². The van der Waals surface area contributed by atoms with Crippen LogP contribution in [0.5, 0.6) is 5.75 Å². The van der Waals surface area contributed by atoms with Crippen LogP contribution in [0.4, 0.5) is 0 Å². The molecule has 2 unspecified atom stereocenters. The van der Waals surface area contributed by atoms with Gasteiger partial charge in [0.05, 0.1) is 6.61 Å². The highest BCUT2D eigenvalue weighted by molar-refractivity contribution is 5.29. The summed E-state index contributed by atoms with van der Waals surface area (Å²) >= 11 is 0. The maximum atomic E-state index is 6.07. The summed E-state index contributed by atoms with van der Waals surface area (Å²) in [4.78, 5) is 0. The number of ether oxygens (including phenoxy) is 1. The Labute approximate surface area is 174 Å². The summed E-state index contributed by atoms with van der Waals surface area (Å²) in [5.74, 6) is 4.78. The van der Waals surface area contributed by atoms with E-state index in [1.807, 2.05) is 0 Å². The molecule has 2 aliphatic carbocycles. The molecule has 0 amide bonds. The Morgan fingerprint density at radius 2 is 1.50 bits per heavy atom. The molecule has 2 saturated carbocycles. The van der Waals surface area contributed by atoms with Crippen LogP contribution in [0.25, 0.3) is 0 Å². The van der Waals surface area contributed by atoms with Gasteiger partial charge < -0.3 is 4.74 Å². The zero-order chi connectivity index (χ0) is 19.6. The minimum absolute atomic E-state index is 0.782. The Kier molecular flexibility index (Phi) is 9.22. The van der Waals surface area contributed by atoms with E-state index in [0.717, 1.165) is 36.0 Å².